The average molecular weight is 485 g/mol. The van der Waals surface area contributed by atoms with Crippen molar-refractivity contribution in [3.63, 3.8) is 0 Å². The molecule has 0 amide bonds. The molecule has 0 aromatic heterocycles. The zero-order valence-corrected chi connectivity index (χ0v) is 21.8. The second kappa shape index (κ2) is 19.3. The molecule has 0 heterocycles. The molecule has 1 aromatic rings. The van der Waals surface area contributed by atoms with Crippen molar-refractivity contribution in [2.75, 3.05) is 20.6 Å². The molecule has 1 N–H and O–H groups in total. The van der Waals surface area contributed by atoms with Gasteiger partial charge in [0.1, 0.15) is 0 Å². The number of halogens is 1. The Morgan fingerprint density at radius 1 is 0.700 bits per heavy atom. The normalized spacial score (nSPS) is 12.5. The van der Waals surface area contributed by atoms with Crippen molar-refractivity contribution >= 4 is 0 Å². The van der Waals surface area contributed by atoms with E-state index in [1.807, 2.05) is 0 Å². The lowest BCUT2D eigenvalue weighted by atomic mass is 10.0. The van der Waals surface area contributed by atoms with Crippen LogP contribution >= 0.6 is 0 Å². The molecular formula is C27H50BrNO. The summed E-state index contributed by atoms with van der Waals surface area (Å²) in [5, 5.41) is 10.6. The Bertz CT molecular complexity index is 477. The van der Waals surface area contributed by atoms with Crippen LogP contribution in [0.25, 0.3) is 0 Å². The number of unbranched alkanes of at least 4 members (excludes halogenated alkanes) is 13. The van der Waals surface area contributed by atoms with Crippen molar-refractivity contribution in [3.8, 4) is 0 Å². The highest BCUT2D eigenvalue weighted by molar-refractivity contribution is 5.14. The molecule has 0 aliphatic rings. The fraction of sp³-hybridized carbons (Fsp3) is 0.778. The lowest BCUT2D eigenvalue weighted by Crippen LogP contribution is -3.00. The summed E-state index contributed by atoms with van der Waals surface area (Å²) in [6.45, 7) is 3.37. The molecule has 0 saturated heterocycles. The number of rotatable bonds is 19. The summed E-state index contributed by atoms with van der Waals surface area (Å²) >= 11 is 0. The lowest BCUT2D eigenvalue weighted by Gasteiger charge is -2.35. The molecule has 0 radical (unpaired) electrons. The first-order chi connectivity index (χ1) is 14.1. The molecule has 1 aromatic carbocycles. The summed E-state index contributed by atoms with van der Waals surface area (Å²) in [7, 11) is 4.36. The van der Waals surface area contributed by atoms with Gasteiger partial charge in [-0.25, -0.2) is 0 Å². The van der Waals surface area contributed by atoms with E-state index in [4.69, 9.17) is 0 Å². The number of aliphatic hydroxyl groups excluding tert-OH is 1. The van der Waals surface area contributed by atoms with E-state index in [0.29, 0.717) is 0 Å². The summed E-state index contributed by atoms with van der Waals surface area (Å²) in [5.41, 5.74) is 1.32. The van der Waals surface area contributed by atoms with Gasteiger partial charge in [0.05, 0.1) is 20.6 Å². The van der Waals surface area contributed by atoms with Gasteiger partial charge in [0.15, 0.2) is 6.23 Å². The maximum atomic E-state index is 10.6. The Labute approximate surface area is 198 Å². The fourth-order valence-electron chi connectivity index (χ4n) is 4.15. The first kappa shape index (κ1) is 29.6. The number of hydrogen-bond donors (Lipinski definition) is 1. The molecule has 0 aliphatic heterocycles. The van der Waals surface area contributed by atoms with Gasteiger partial charge in [-0.3, -0.25) is 0 Å². The number of nitrogens with zero attached hydrogens (tertiary/aromatic N) is 1. The van der Waals surface area contributed by atoms with Gasteiger partial charge in [0.25, 0.3) is 0 Å². The number of aliphatic hydroxyl groups is 1. The van der Waals surface area contributed by atoms with Crippen LogP contribution in [0.5, 0.6) is 0 Å². The number of hydrogen-bond acceptors (Lipinski definition) is 1. The highest BCUT2D eigenvalue weighted by Crippen LogP contribution is 2.16. The third-order valence-electron chi connectivity index (χ3n) is 6.43. The van der Waals surface area contributed by atoms with Crippen LogP contribution < -0.4 is 17.0 Å². The molecule has 176 valence electrons. The molecule has 0 fully saturated rings. The van der Waals surface area contributed by atoms with E-state index in [0.717, 1.165) is 23.9 Å². The zero-order valence-electron chi connectivity index (χ0n) is 20.3. The van der Waals surface area contributed by atoms with Crippen LogP contribution in [0.15, 0.2) is 30.3 Å². The van der Waals surface area contributed by atoms with Gasteiger partial charge < -0.3 is 26.6 Å². The standard InChI is InChI=1S/C27H50NO.BrH/c1-4-5-6-7-8-9-10-11-12-13-14-15-16-20-25-28(2,3)27(29)24-23-26-21-18-17-19-22-26;/h17-19,21-22,27,29H,4-16,20,23-25H2,1-3H3;1H/q+1;/p-1/t27-;/m1./s1. The Balaban J connectivity index is 0.00000841. The summed E-state index contributed by atoms with van der Waals surface area (Å²) in [4.78, 5) is 0. The van der Waals surface area contributed by atoms with E-state index in [-0.39, 0.29) is 23.2 Å². The van der Waals surface area contributed by atoms with E-state index < -0.39 is 0 Å². The van der Waals surface area contributed by atoms with Gasteiger partial charge in [-0.1, -0.05) is 114 Å². The Kier molecular flexibility index (Phi) is 19.1. The fourth-order valence-corrected chi connectivity index (χ4v) is 4.15. The van der Waals surface area contributed by atoms with Crippen molar-refractivity contribution in [1.82, 2.24) is 0 Å². The van der Waals surface area contributed by atoms with Crippen molar-refractivity contribution in [3.05, 3.63) is 35.9 Å². The summed E-state index contributed by atoms with van der Waals surface area (Å²) in [6, 6.07) is 10.5. The van der Waals surface area contributed by atoms with Crippen LogP contribution in [0.2, 0.25) is 0 Å². The molecule has 0 bridgehead atoms. The largest absolute Gasteiger partial charge is 1.00 e. The van der Waals surface area contributed by atoms with E-state index in [9.17, 15) is 5.11 Å². The molecule has 0 saturated carbocycles. The maximum Gasteiger partial charge on any atom is 0.190 e. The van der Waals surface area contributed by atoms with Gasteiger partial charge in [-0.05, 0) is 24.8 Å². The lowest BCUT2D eigenvalue weighted by molar-refractivity contribution is -0.937. The van der Waals surface area contributed by atoms with Crippen LogP contribution in [-0.4, -0.2) is 36.5 Å². The smallest absolute Gasteiger partial charge is 0.190 e. The predicted molar refractivity (Wildman–Crippen MR) is 128 cm³/mol. The average Bonchev–Trinajstić information content (AvgIpc) is 2.73. The van der Waals surface area contributed by atoms with Gasteiger partial charge in [-0.2, -0.15) is 0 Å². The van der Waals surface area contributed by atoms with Gasteiger partial charge in [0, 0.05) is 6.42 Å². The quantitative estimate of drug-likeness (QED) is 0.174. The van der Waals surface area contributed by atoms with Crippen LogP contribution in [0.1, 0.15) is 109 Å². The third-order valence-corrected chi connectivity index (χ3v) is 6.43. The summed E-state index contributed by atoms with van der Waals surface area (Å²) < 4.78 is 0.727. The molecule has 0 aliphatic carbocycles. The summed E-state index contributed by atoms with van der Waals surface area (Å²) in [6.07, 6.45) is 21.1. The van der Waals surface area contributed by atoms with E-state index >= 15 is 0 Å². The highest BCUT2D eigenvalue weighted by atomic mass is 79.9. The maximum absolute atomic E-state index is 10.6. The molecule has 30 heavy (non-hydrogen) atoms. The zero-order chi connectivity index (χ0) is 21.2. The van der Waals surface area contributed by atoms with E-state index in [2.05, 4.69) is 51.4 Å². The molecule has 3 heteroatoms. The molecule has 1 atom stereocenters. The van der Waals surface area contributed by atoms with Crippen molar-refractivity contribution in [1.29, 1.82) is 0 Å². The Morgan fingerprint density at radius 3 is 1.60 bits per heavy atom. The van der Waals surface area contributed by atoms with Gasteiger partial charge in [-0.15, -0.1) is 0 Å². The Hall–Kier alpha value is -0.380. The van der Waals surface area contributed by atoms with E-state index in [1.54, 1.807) is 0 Å². The number of quaternary nitrogens is 1. The van der Waals surface area contributed by atoms with Crippen molar-refractivity contribution < 1.29 is 26.6 Å². The van der Waals surface area contributed by atoms with Crippen molar-refractivity contribution in [2.45, 2.75) is 116 Å². The van der Waals surface area contributed by atoms with Crippen LogP contribution in [0.4, 0.5) is 0 Å². The molecule has 0 unspecified atom stereocenters. The van der Waals surface area contributed by atoms with Crippen molar-refractivity contribution in [2.24, 2.45) is 0 Å². The second-order valence-corrected chi connectivity index (χ2v) is 9.60. The SMILES string of the molecule is CCCCCCCCCCCCCCCC[N+](C)(C)[C@H](O)CCc1ccccc1.[Br-]. The second-order valence-electron chi connectivity index (χ2n) is 9.60. The molecule has 1 rings (SSSR count). The molecule has 2 nitrogen and oxygen atoms in total. The topological polar surface area (TPSA) is 20.2 Å². The Morgan fingerprint density at radius 2 is 1.13 bits per heavy atom. The van der Waals surface area contributed by atoms with Gasteiger partial charge >= 0.3 is 0 Å². The first-order valence-corrected chi connectivity index (χ1v) is 12.6. The van der Waals surface area contributed by atoms with Crippen LogP contribution in [0.3, 0.4) is 0 Å². The highest BCUT2D eigenvalue weighted by Gasteiger charge is 2.24. The van der Waals surface area contributed by atoms with Crippen LogP contribution in [0, 0.1) is 0 Å². The minimum atomic E-state index is -0.267. The van der Waals surface area contributed by atoms with Crippen LogP contribution in [-0.2, 0) is 6.42 Å². The number of benzene rings is 1. The third kappa shape index (κ3) is 15.4. The molecular weight excluding hydrogens is 434 g/mol. The first-order valence-electron chi connectivity index (χ1n) is 12.6. The van der Waals surface area contributed by atoms with Gasteiger partial charge in [0.2, 0.25) is 0 Å². The molecule has 0 spiro atoms. The minimum Gasteiger partial charge on any atom is -1.00 e. The monoisotopic (exact) mass is 483 g/mol. The predicted octanol–water partition coefficient (Wildman–Crippen LogP) is 4.50. The summed E-state index contributed by atoms with van der Waals surface area (Å²) in [5.74, 6) is 0. The minimum absolute atomic E-state index is 0. The van der Waals surface area contributed by atoms with E-state index in [1.165, 1.54) is 95.5 Å². The number of aryl methyl sites for hydroxylation is 1.